The minimum absolute atomic E-state index is 0.0487. The molecule has 2 unspecified atom stereocenters. The maximum absolute atomic E-state index is 11.9. The summed E-state index contributed by atoms with van der Waals surface area (Å²) in [6, 6.07) is 0. The third-order valence-electron chi connectivity index (χ3n) is 3.77. The number of hydrogen-bond acceptors (Lipinski definition) is 6. The SMILES string of the molecule is COC(=O)C1(C2(O)CCS(=O)(=O)C2)CCSC1. The number of sulfone groups is 1. The Balaban J connectivity index is 2.38. The quantitative estimate of drug-likeness (QED) is 0.708. The maximum Gasteiger partial charge on any atom is 0.315 e. The number of aliphatic hydroxyl groups is 1. The first-order valence-corrected chi connectivity index (χ1v) is 8.42. The van der Waals surface area contributed by atoms with Crippen LogP contribution < -0.4 is 0 Å². The first-order valence-electron chi connectivity index (χ1n) is 5.44. The van der Waals surface area contributed by atoms with Gasteiger partial charge in [0, 0.05) is 5.75 Å². The van der Waals surface area contributed by atoms with Crippen molar-refractivity contribution in [3.63, 3.8) is 0 Å². The van der Waals surface area contributed by atoms with Crippen LogP contribution in [0, 0.1) is 5.41 Å². The molecule has 2 aliphatic rings. The van der Waals surface area contributed by atoms with Crippen LogP contribution in [-0.4, -0.2) is 55.2 Å². The molecule has 1 N–H and O–H groups in total. The van der Waals surface area contributed by atoms with Gasteiger partial charge in [0.2, 0.25) is 0 Å². The van der Waals surface area contributed by atoms with Gasteiger partial charge in [0.25, 0.3) is 0 Å². The summed E-state index contributed by atoms with van der Waals surface area (Å²) in [5, 5.41) is 10.6. The Kier molecular flexibility index (Phi) is 3.20. The summed E-state index contributed by atoms with van der Waals surface area (Å²) >= 11 is 1.55. The fourth-order valence-electron chi connectivity index (χ4n) is 2.69. The number of carbonyl (C=O) groups excluding carboxylic acids is 1. The fraction of sp³-hybridized carbons (Fsp3) is 0.900. The van der Waals surface area contributed by atoms with Crippen LogP contribution in [0.1, 0.15) is 12.8 Å². The van der Waals surface area contributed by atoms with Crippen molar-refractivity contribution in [3.05, 3.63) is 0 Å². The third kappa shape index (κ3) is 1.98. The van der Waals surface area contributed by atoms with Gasteiger partial charge in [0.05, 0.1) is 24.2 Å². The zero-order chi connectivity index (χ0) is 12.7. The number of rotatable bonds is 2. The van der Waals surface area contributed by atoms with Gasteiger partial charge in [-0.15, -0.1) is 0 Å². The van der Waals surface area contributed by atoms with Crippen molar-refractivity contribution < 1.29 is 23.1 Å². The van der Waals surface area contributed by atoms with Crippen molar-refractivity contribution in [1.29, 1.82) is 0 Å². The zero-order valence-electron chi connectivity index (χ0n) is 9.64. The Morgan fingerprint density at radius 1 is 1.41 bits per heavy atom. The molecular weight excluding hydrogens is 264 g/mol. The van der Waals surface area contributed by atoms with Gasteiger partial charge in [-0.25, -0.2) is 8.42 Å². The van der Waals surface area contributed by atoms with E-state index in [0.717, 1.165) is 5.75 Å². The smallest absolute Gasteiger partial charge is 0.315 e. The van der Waals surface area contributed by atoms with Crippen LogP contribution in [0.4, 0.5) is 0 Å². The maximum atomic E-state index is 11.9. The van der Waals surface area contributed by atoms with Gasteiger partial charge in [0.1, 0.15) is 5.41 Å². The summed E-state index contributed by atoms with van der Waals surface area (Å²) in [4.78, 5) is 11.9. The van der Waals surface area contributed by atoms with E-state index in [1.54, 1.807) is 11.8 Å². The number of thioether (sulfide) groups is 1. The van der Waals surface area contributed by atoms with Crippen molar-refractivity contribution in [2.75, 3.05) is 30.1 Å². The second kappa shape index (κ2) is 4.13. The first-order chi connectivity index (χ1) is 7.85. The summed E-state index contributed by atoms with van der Waals surface area (Å²) in [5.41, 5.74) is -2.50. The highest BCUT2D eigenvalue weighted by atomic mass is 32.2. The Hall–Kier alpha value is -0.270. The number of ether oxygens (including phenoxy) is 1. The molecule has 5 nitrogen and oxygen atoms in total. The second-order valence-electron chi connectivity index (χ2n) is 4.75. The standard InChI is InChI=1S/C10H16O5S2/c1-15-8(11)9(2-4-16-6-9)10(12)3-5-17(13,14)7-10/h12H,2-7H2,1H3. The highest BCUT2D eigenvalue weighted by Crippen LogP contribution is 2.49. The largest absolute Gasteiger partial charge is 0.468 e. The van der Waals surface area contributed by atoms with Gasteiger partial charge in [-0.3, -0.25) is 4.79 Å². The molecule has 17 heavy (non-hydrogen) atoms. The Labute approximate surface area is 105 Å². The normalized spacial score (nSPS) is 40.4. The van der Waals surface area contributed by atoms with Crippen LogP contribution in [0.25, 0.3) is 0 Å². The predicted octanol–water partition coefficient (Wildman–Crippen LogP) is -0.168. The summed E-state index contributed by atoms with van der Waals surface area (Å²) in [7, 11) is -1.96. The number of esters is 1. The summed E-state index contributed by atoms with van der Waals surface area (Å²) < 4.78 is 27.9. The molecule has 2 heterocycles. The molecule has 7 heteroatoms. The van der Waals surface area contributed by atoms with E-state index in [2.05, 4.69) is 0 Å². The molecule has 0 radical (unpaired) electrons. The van der Waals surface area contributed by atoms with E-state index in [4.69, 9.17) is 4.74 Å². The average molecular weight is 280 g/mol. The second-order valence-corrected chi connectivity index (χ2v) is 8.04. The molecule has 2 saturated heterocycles. The number of carbonyl (C=O) groups is 1. The van der Waals surface area contributed by atoms with E-state index >= 15 is 0 Å². The van der Waals surface area contributed by atoms with E-state index in [9.17, 15) is 18.3 Å². The fourth-order valence-corrected chi connectivity index (χ4v) is 6.15. The lowest BCUT2D eigenvalue weighted by Gasteiger charge is -2.38. The van der Waals surface area contributed by atoms with E-state index in [1.165, 1.54) is 7.11 Å². The number of hydrogen-bond donors (Lipinski definition) is 1. The summed E-state index contributed by atoms with van der Waals surface area (Å²) in [6.07, 6.45) is 0.612. The number of methoxy groups -OCH3 is 1. The van der Waals surface area contributed by atoms with Gasteiger partial charge in [-0.05, 0) is 18.6 Å². The molecular formula is C10H16O5S2. The summed E-state index contributed by atoms with van der Waals surface area (Å²) in [5.74, 6) is 0.327. The minimum Gasteiger partial charge on any atom is -0.468 e. The lowest BCUT2D eigenvalue weighted by Crippen LogP contribution is -2.55. The molecule has 0 bridgehead atoms. The molecule has 98 valence electrons. The van der Waals surface area contributed by atoms with Gasteiger partial charge >= 0.3 is 5.97 Å². The van der Waals surface area contributed by atoms with Crippen LogP contribution in [0.15, 0.2) is 0 Å². The molecule has 0 aromatic heterocycles. The summed E-state index contributed by atoms with van der Waals surface area (Å²) in [6.45, 7) is 0. The molecule has 2 atom stereocenters. The van der Waals surface area contributed by atoms with Gasteiger partial charge in [-0.1, -0.05) is 0 Å². The van der Waals surface area contributed by atoms with Crippen molar-refractivity contribution in [2.45, 2.75) is 18.4 Å². The molecule has 2 rings (SSSR count). The molecule has 2 aliphatic heterocycles. The Morgan fingerprint density at radius 3 is 2.53 bits per heavy atom. The molecule has 0 aromatic rings. The van der Waals surface area contributed by atoms with Crippen molar-refractivity contribution in [1.82, 2.24) is 0 Å². The molecule has 0 aliphatic carbocycles. The van der Waals surface area contributed by atoms with Crippen LogP contribution in [0.2, 0.25) is 0 Å². The van der Waals surface area contributed by atoms with E-state index < -0.39 is 26.8 Å². The first kappa shape index (κ1) is 13.2. The minimum atomic E-state index is -3.24. The average Bonchev–Trinajstić information content (AvgIpc) is 2.84. The van der Waals surface area contributed by atoms with Crippen molar-refractivity contribution >= 4 is 27.6 Å². The predicted molar refractivity (Wildman–Crippen MR) is 64.6 cm³/mol. The third-order valence-corrected chi connectivity index (χ3v) is 6.71. The molecule has 0 amide bonds. The van der Waals surface area contributed by atoms with Gasteiger partial charge in [0.15, 0.2) is 9.84 Å². The van der Waals surface area contributed by atoms with Gasteiger partial charge < -0.3 is 9.84 Å². The highest BCUT2D eigenvalue weighted by Gasteiger charge is 2.62. The monoisotopic (exact) mass is 280 g/mol. The lowest BCUT2D eigenvalue weighted by molar-refractivity contribution is -0.166. The topological polar surface area (TPSA) is 80.7 Å². The molecule has 0 aromatic carbocycles. The van der Waals surface area contributed by atoms with Crippen LogP contribution in [-0.2, 0) is 19.4 Å². The van der Waals surface area contributed by atoms with E-state index in [1.807, 2.05) is 0 Å². The lowest BCUT2D eigenvalue weighted by atomic mass is 9.71. The van der Waals surface area contributed by atoms with Crippen molar-refractivity contribution in [2.24, 2.45) is 5.41 Å². The van der Waals surface area contributed by atoms with Crippen LogP contribution >= 0.6 is 11.8 Å². The van der Waals surface area contributed by atoms with E-state index in [0.29, 0.717) is 12.2 Å². The zero-order valence-corrected chi connectivity index (χ0v) is 11.3. The van der Waals surface area contributed by atoms with Crippen molar-refractivity contribution in [3.8, 4) is 0 Å². The molecule has 0 spiro atoms. The van der Waals surface area contributed by atoms with E-state index in [-0.39, 0.29) is 17.9 Å². The Bertz CT molecular complexity index is 424. The van der Waals surface area contributed by atoms with Gasteiger partial charge in [-0.2, -0.15) is 11.8 Å². The van der Waals surface area contributed by atoms with Crippen LogP contribution in [0.5, 0.6) is 0 Å². The molecule has 0 saturated carbocycles. The molecule has 2 fully saturated rings. The highest BCUT2D eigenvalue weighted by molar-refractivity contribution is 7.99. The Morgan fingerprint density at radius 2 is 2.12 bits per heavy atom. The van der Waals surface area contributed by atoms with Crippen LogP contribution in [0.3, 0.4) is 0 Å².